The molecule has 0 aliphatic heterocycles. The maximum atomic E-state index is 12.6. The van der Waals surface area contributed by atoms with Crippen molar-refractivity contribution in [2.75, 3.05) is 10.6 Å². The van der Waals surface area contributed by atoms with Gasteiger partial charge in [0.1, 0.15) is 5.41 Å². The largest absolute Gasteiger partial charge is 0.325 e. The van der Waals surface area contributed by atoms with E-state index in [9.17, 15) is 9.59 Å². The van der Waals surface area contributed by atoms with E-state index < -0.39 is 5.41 Å². The first kappa shape index (κ1) is 15.7. The Morgan fingerprint density at radius 1 is 1.00 bits per heavy atom. The Balaban J connectivity index is 1.72. The predicted octanol–water partition coefficient (Wildman–Crippen LogP) is 4.11. The minimum atomic E-state index is -0.954. The van der Waals surface area contributed by atoms with Crippen LogP contribution in [0.2, 0.25) is 0 Å². The Morgan fingerprint density at radius 2 is 1.70 bits per heavy atom. The molecule has 2 aromatic carbocycles. The summed E-state index contributed by atoms with van der Waals surface area (Å²) < 4.78 is 0.879. The Labute approximate surface area is 143 Å². The van der Waals surface area contributed by atoms with E-state index in [1.165, 1.54) is 0 Å². The average molecular weight is 373 g/mol. The van der Waals surface area contributed by atoms with Crippen molar-refractivity contribution in [1.82, 2.24) is 0 Å². The molecule has 1 aliphatic carbocycles. The van der Waals surface area contributed by atoms with E-state index in [2.05, 4.69) is 26.6 Å². The molecule has 0 aromatic heterocycles. The topological polar surface area (TPSA) is 58.2 Å². The van der Waals surface area contributed by atoms with Crippen LogP contribution < -0.4 is 10.6 Å². The van der Waals surface area contributed by atoms with Crippen molar-refractivity contribution in [3.05, 3.63) is 58.6 Å². The van der Waals surface area contributed by atoms with Gasteiger partial charge in [-0.2, -0.15) is 0 Å². The van der Waals surface area contributed by atoms with Crippen molar-refractivity contribution in [2.24, 2.45) is 5.41 Å². The average Bonchev–Trinajstić information content (AvgIpc) is 3.31. The number of nitrogens with one attached hydrogen (secondary N) is 2. The quantitative estimate of drug-likeness (QED) is 0.793. The summed E-state index contributed by atoms with van der Waals surface area (Å²) in [6.07, 6.45) is 1.15. The number of halogens is 1. The Morgan fingerprint density at radius 3 is 2.35 bits per heavy atom. The zero-order valence-electron chi connectivity index (χ0n) is 12.7. The molecule has 23 heavy (non-hydrogen) atoms. The van der Waals surface area contributed by atoms with Gasteiger partial charge in [-0.1, -0.05) is 40.2 Å². The first-order valence-corrected chi connectivity index (χ1v) is 8.25. The van der Waals surface area contributed by atoms with Gasteiger partial charge in [-0.25, -0.2) is 0 Å². The van der Waals surface area contributed by atoms with E-state index in [4.69, 9.17) is 0 Å². The fourth-order valence-corrected chi connectivity index (χ4v) is 2.85. The SMILES string of the molecule is Cc1ccccc1NC(=O)C1(C(=O)Nc2cccc(Br)c2)CC1. The van der Waals surface area contributed by atoms with Gasteiger partial charge >= 0.3 is 0 Å². The highest BCUT2D eigenvalue weighted by Gasteiger charge is 2.56. The van der Waals surface area contributed by atoms with Gasteiger partial charge in [-0.15, -0.1) is 0 Å². The summed E-state index contributed by atoms with van der Waals surface area (Å²) >= 11 is 3.37. The third kappa shape index (κ3) is 3.29. The van der Waals surface area contributed by atoms with Crippen molar-refractivity contribution in [1.29, 1.82) is 0 Å². The molecule has 4 nitrogen and oxygen atoms in total. The van der Waals surface area contributed by atoms with Crippen molar-refractivity contribution in [2.45, 2.75) is 19.8 Å². The Bertz CT molecular complexity index is 769. The molecule has 1 saturated carbocycles. The summed E-state index contributed by atoms with van der Waals surface area (Å²) in [7, 11) is 0. The fraction of sp³-hybridized carbons (Fsp3) is 0.222. The molecule has 0 bridgehead atoms. The summed E-state index contributed by atoms with van der Waals surface area (Å²) in [5, 5.41) is 5.72. The van der Waals surface area contributed by atoms with Crippen LogP contribution in [0.1, 0.15) is 18.4 Å². The first-order valence-electron chi connectivity index (χ1n) is 7.45. The summed E-state index contributed by atoms with van der Waals surface area (Å²) in [4.78, 5) is 25.1. The van der Waals surface area contributed by atoms with Gasteiger partial charge in [0.25, 0.3) is 0 Å². The summed E-state index contributed by atoms with van der Waals surface area (Å²) in [5.41, 5.74) is 1.45. The highest BCUT2D eigenvalue weighted by atomic mass is 79.9. The number of hydrogen-bond donors (Lipinski definition) is 2. The Hall–Kier alpha value is -2.14. The minimum Gasteiger partial charge on any atom is -0.325 e. The molecule has 2 N–H and O–H groups in total. The lowest BCUT2D eigenvalue weighted by atomic mass is 10.0. The Kier molecular flexibility index (Phi) is 4.22. The number of carbonyl (C=O) groups excluding carboxylic acids is 2. The molecular formula is C18H17BrN2O2. The third-order valence-corrected chi connectivity index (χ3v) is 4.59. The lowest BCUT2D eigenvalue weighted by Gasteiger charge is -2.16. The van der Waals surface area contributed by atoms with E-state index in [0.717, 1.165) is 15.7 Å². The molecule has 3 rings (SSSR count). The van der Waals surface area contributed by atoms with Crippen LogP contribution in [0.4, 0.5) is 11.4 Å². The van der Waals surface area contributed by atoms with Crippen LogP contribution in [-0.2, 0) is 9.59 Å². The normalized spacial score (nSPS) is 14.9. The molecule has 0 spiro atoms. The van der Waals surface area contributed by atoms with Crippen LogP contribution in [-0.4, -0.2) is 11.8 Å². The number of hydrogen-bond acceptors (Lipinski definition) is 2. The zero-order chi connectivity index (χ0) is 16.4. The number of rotatable bonds is 4. The number of carbonyl (C=O) groups is 2. The second-order valence-corrected chi connectivity index (χ2v) is 6.73. The van der Waals surface area contributed by atoms with Crippen LogP contribution in [0.25, 0.3) is 0 Å². The molecule has 0 unspecified atom stereocenters. The van der Waals surface area contributed by atoms with Crippen molar-refractivity contribution in [3.63, 3.8) is 0 Å². The second-order valence-electron chi connectivity index (χ2n) is 5.82. The van der Waals surface area contributed by atoms with Gasteiger partial charge in [-0.3, -0.25) is 9.59 Å². The zero-order valence-corrected chi connectivity index (χ0v) is 14.3. The van der Waals surface area contributed by atoms with E-state index in [1.54, 1.807) is 6.07 Å². The van der Waals surface area contributed by atoms with Crippen LogP contribution in [0.5, 0.6) is 0 Å². The highest BCUT2D eigenvalue weighted by Crippen LogP contribution is 2.47. The van der Waals surface area contributed by atoms with Gasteiger partial charge in [0, 0.05) is 15.8 Å². The van der Waals surface area contributed by atoms with Crippen LogP contribution in [0.15, 0.2) is 53.0 Å². The smallest absolute Gasteiger partial charge is 0.240 e. The van der Waals surface area contributed by atoms with Gasteiger partial charge in [-0.05, 0) is 49.6 Å². The number of para-hydroxylation sites is 1. The number of anilines is 2. The van der Waals surface area contributed by atoms with Crippen LogP contribution >= 0.6 is 15.9 Å². The molecule has 0 heterocycles. The number of amides is 2. The van der Waals surface area contributed by atoms with Gasteiger partial charge in [0.2, 0.25) is 11.8 Å². The molecule has 0 radical (unpaired) electrons. The van der Waals surface area contributed by atoms with E-state index in [0.29, 0.717) is 18.5 Å². The fourth-order valence-electron chi connectivity index (χ4n) is 2.45. The number of aryl methyl sites for hydroxylation is 1. The molecule has 1 aliphatic rings. The molecule has 2 amide bonds. The summed E-state index contributed by atoms with van der Waals surface area (Å²) in [6.45, 7) is 1.93. The molecule has 5 heteroatoms. The molecule has 0 saturated heterocycles. The first-order chi connectivity index (χ1) is 11.0. The summed E-state index contributed by atoms with van der Waals surface area (Å²) in [5.74, 6) is -0.485. The van der Waals surface area contributed by atoms with Crippen molar-refractivity contribution < 1.29 is 9.59 Å². The van der Waals surface area contributed by atoms with Crippen molar-refractivity contribution >= 4 is 39.1 Å². The van der Waals surface area contributed by atoms with Crippen LogP contribution in [0.3, 0.4) is 0 Å². The van der Waals surface area contributed by atoms with E-state index >= 15 is 0 Å². The minimum absolute atomic E-state index is 0.237. The molecule has 0 atom stereocenters. The van der Waals surface area contributed by atoms with E-state index in [-0.39, 0.29) is 11.8 Å². The monoisotopic (exact) mass is 372 g/mol. The van der Waals surface area contributed by atoms with Gasteiger partial charge in [0.05, 0.1) is 0 Å². The van der Waals surface area contributed by atoms with Gasteiger partial charge in [0.15, 0.2) is 0 Å². The molecule has 2 aromatic rings. The summed E-state index contributed by atoms with van der Waals surface area (Å²) in [6, 6.07) is 14.9. The standard InChI is InChI=1S/C18H17BrN2O2/c1-12-5-2-3-8-15(12)21-17(23)18(9-10-18)16(22)20-14-7-4-6-13(19)11-14/h2-8,11H,9-10H2,1H3,(H,20,22)(H,21,23). The van der Waals surface area contributed by atoms with E-state index in [1.807, 2.05) is 49.4 Å². The highest BCUT2D eigenvalue weighted by molar-refractivity contribution is 9.10. The maximum absolute atomic E-state index is 12.6. The second kappa shape index (κ2) is 6.16. The maximum Gasteiger partial charge on any atom is 0.240 e. The molecular weight excluding hydrogens is 356 g/mol. The lowest BCUT2D eigenvalue weighted by molar-refractivity contribution is -0.131. The van der Waals surface area contributed by atoms with Crippen molar-refractivity contribution in [3.8, 4) is 0 Å². The third-order valence-electron chi connectivity index (χ3n) is 4.10. The predicted molar refractivity (Wildman–Crippen MR) is 94.2 cm³/mol. The molecule has 1 fully saturated rings. The lowest BCUT2D eigenvalue weighted by Crippen LogP contribution is -2.35. The molecule has 118 valence electrons. The van der Waals surface area contributed by atoms with Crippen LogP contribution in [0, 0.1) is 12.3 Å². The van der Waals surface area contributed by atoms with Gasteiger partial charge < -0.3 is 10.6 Å². The number of benzene rings is 2.